The molecule has 0 radical (unpaired) electrons. The number of hydrogen-bond acceptors (Lipinski definition) is 6. The number of carbonyl (C=O) groups excluding carboxylic acids is 1. The van der Waals surface area contributed by atoms with Gasteiger partial charge in [-0.3, -0.25) is 0 Å². The molecule has 0 spiro atoms. The van der Waals surface area contributed by atoms with E-state index in [0.29, 0.717) is 12.2 Å². The van der Waals surface area contributed by atoms with Crippen LogP contribution in [0.2, 0.25) is 0 Å². The molecule has 0 saturated heterocycles. The molecule has 20 heavy (non-hydrogen) atoms. The summed E-state index contributed by atoms with van der Waals surface area (Å²) < 4.78 is 13.4. The van der Waals surface area contributed by atoms with Gasteiger partial charge in [0, 0.05) is 26.0 Å². The molecule has 0 saturated carbocycles. The summed E-state index contributed by atoms with van der Waals surface area (Å²) in [4.78, 5) is 15.9. The predicted molar refractivity (Wildman–Crippen MR) is 69.1 cm³/mol. The van der Waals surface area contributed by atoms with Crippen LogP contribution in [0.4, 0.5) is 0 Å². The number of imidazole rings is 1. The van der Waals surface area contributed by atoms with Crippen LogP contribution in [0, 0.1) is 0 Å². The van der Waals surface area contributed by atoms with Crippen LogP contribution in [-0.2, 0) is 29.2 Å². The summed E-state index contributed by atoms with van der Waals surface area (Å²) in [6, 6.07) is 0. The van der Waals surface area contributed by atoms with E-state index in [1.54, 1.807) is 18.0 Å². The molecule has 0 fully saturated rings. The smallest absolute Gasteiger partial charge is 0.360 e. The van der Waals surface area contributed by atoms with Crippen LogP contribution < -0.4 is 0 Å². The lowest BCUT2D eigenvalue weighted by Gasteiger charge is -2.08. The van der Waals surface area contributed by atoms with E-state index in [-0.39, 0.29) is 12.3 Å². The second-order valence-electron chi connectivity index (χ2n) is 4.10. The van der Waals surface area contributed by atoms with Gasteiger partial charge in [0.15, 0.2) is 5.69 Å². The van der Waals surface area contributed by atoms with Crippen LogP contribution in [0.15, 0.2) is 12.4 Å². The van der Waals surface area contributed by atoms with Crippen molar-refractivity contribution in [3.8, 4) is 0 Å². The van der Waals surface area contributed by atoms with Gasteiger partial charge in [0.05, 0.1) is 19.4 Å². The van der Waals surface area contributed by atoms with Gasteiger partial charge in [0.2, 0.25) is 0 Å². The Kier molecular flexibility index (Phi) is 4.46. The zero-order chi connectivity index (χ0) is 14.5. The number of nitrogens with zero attached hydrogens (tertiary/aromatic N) is 5. The van der Waals surface area contributed by atoms with Crippen molar-refractivity contribution in [3.63, 3.8) is 0 Å². The molecule has 2 heterocycles. The van der Waals surface area contributed by atoms with Crippen molar-refractivity contribution in [2.45, 2.75) is 26.6 Å². The first kappa shape index (κ1) is 14.2. The Bertz CT molecular complexity index is 590. The van der Waals surface area contributed by atoms with Gasteiger partial charge in [-0.05, 0) is 6.92 Å². The molecule has 8 nitrogen and oxygen atoms in total. The van der Waals surface area contributed by atoms with E-state index in [2.05, 4.69) is 20.0 Å². The summed E-state index contributed by atoms with van der Waals surface area (Å²) in [6.07, 6.45) is 3.62. The molecule has 0 aliphatic heterocycles. The van der Waals surface area contributed by atoms with E-state index in [9.17, 15) is 4.79 Å². The molecule has 0 unspecified atom stereocenters. The van der Waals surface area contributed by atoms with Gasteiger partial charge in [-0.1, -0.05) is 5.21 Å². The first-order valence-corrected chi connectivity index (χ1v) is 6.20. The van der Waals surface area contributed by atoms with Gasteiger partial charge in [0.1, 0.15) is 12.4 Å². The fraction of sp³-hybridized carbons (Fsp3) is 0.500. The Labute approximate surface area is 116 Å². The van der Waals surface area contributed by atoms with E-state index < -0.39 is 5.97 Å². The van der Waals surface area contributed by atoms with E-state index >= 15 is 0 Å². The maximum atomic E-state index is 11.6. The lowest BCUT2D eigenvalue weighted by molar-refractivity contribution is 0.0588. The Balaban J connectivity index is 2.32. The minimum Gasteiger partial charge on any atom is -0.464 e. The van der Waals surface area contributed by atoms with Gasteiger partial charge in [-0.15, -0.1) is 5.10 Å². The van der Waals surface area contributed by atoms with E-state index in [4.69, 9.17) is 4.74 Å². The monoisotopic (exact) mass is 279 g/mol. The number of hydrogen-bond donors (Lipinski definition) is 0. The van der Waals surface area contributed by atoms with Gasteiger partial charge >= 0.3 is 5.97 Å². The summed E-state index contributed by atoms with van der Waals surface area (Å²) in [5.41, 5.74) is 0.744. The number of esters is 1. The van der Waals surface area contributed by atoms with E-state index in [0.717, 1.165) is 12.4 Å². The molecular weight excluding hydrogens is 262 g/mol. The zero-order valence-electron chi connectivity index (χ0n) is 11.7. The number of rotatable bonds is 6. The fourth-order valence-corrected chi connectivity index (χ4v) is 1.91. The van der Waals surface area contributed by atoms with Crippen molar-refractivity contribution in [2.75, 3.05) is 14.2 Å². The van der Waals surface area contributed by atoms with Crippen molar-refractivity contribution in [1.82, 2.24) is 24.5 Å². The maximum Gasteiger partial charge on any atom is 0.360 e. The van der Waals surface area contributed by atoms with Crippen molar-refractivity contribution in [1.29, 1.82) is 0 Å². The lowest BCUT2D eigenvalue weighted by atomic mass is 10.3. The number of methoxy groups -OCH3 is 2. The summed E-state index contributed by atoms with van der Waals surface area (Å²) >= 11 is 0. The third-order valence-electron chi connectivity index (χ3n) is 2.93. The second kappa shape index (κ2) is 6.29. The minimum absolute atomic E-state index is 0.170. The largest absolute Gasteiger partial charge is 0.464 e. The molecule has 0 aliphatic rings. The normalized spacial score (nSPS) is 10.8. The molecule has 0 aliphatic carbocycles. The predicted octanol–water partition coefficient (Wildman–Crippen LogP) is 0.476. The van der Waals surface area contributed by atoms with Crippen molar-refractivity contribution >= 4 is 5.97 Å². The van der Waals surface area contributed by atoms with Crippen molar-refractivity contribution < 1.29 is 14.3 Å². The van der Waals surface area contributed by atoms with Crippen LogP contribution in [-0.4, -0.2) is 44.7 Å². The second-order valence-corrected chi connectivity index (χ2v) is 4.10. The Morgan fingerprint density at radius 1 is 1.40 bits per heavy atom. The number of ether oxygens (including phenoxy) is 2. The van der Waals surface area contributed by atoms with Crippen LogP contribution in [0.25, 0.3) is 0 Å². The first-order valence-electron chi connectivity index (χ1n) is 6.20. The molecule has 2 aromatic rings. The average molecular weight is 279 g/mol. The maximum absolute atomic E-state index is 11.6. The van der Waals surface area contributed by atoms with Crippen molar-refractivity contribution in [3.05, 3.63) is 29.6 Å². The quantitative estimate of drug-likeness (QED) is 0.715. The third-order valence-corrected chi connectivity index (χ3v) is 2.93. The van der Waals surface area contributed by atoms with Crippen LogP contribution in [0.5, 0.6) is 0 Å². The average Bonchev–Trinajstić information content (AvgIpc) is 3.06. The minimum atomic E-state index is -0.526. The van der Waals surface area contributed by atoms with E-state index in [1.807, 2.05) is 17.7 Å². The van der Waals surface area contributed by atoms with Crippen LogP contribution in [0.3, 0.4) is 0 Å². The summed E-state index contributed by atoms with van der Waals surface area (Å²) in [5.74, 6) is 0.313. The molecule has 108 valence electrons. The number of aromatic nitrogens is 5. The zero-order valence-corrected chi connectivity index (χ0v) is 11.7. The molecule has 2 aromatic heterocycles. The standard InChI is InChI=1S/C12H17N5O3/c1-4-16-6-5-13-10(16)7-17-9(8-19-2)11(14-15-17)12(18)20-3/h5-6H,4,7-8H2,1-3H3. The fourth-order valence-electron chi connectivity index (χ4n) is 1.91. The first-order chi connectivity index (χ1) is 9.71. The molecule has 2 rings (SSSR count). The Morgan fingerprint density at radius 3 is 2.85 bits per heavy atom. The summed E-state index contributed by atoms with van der Waals surface area (Å²) in [7, 11) is 2.85. The molecule has 0 bridgehead atoms. The highest BCUT2D eigenvalue weighted by molar-refractivity contribution is 5.88. The highest BCUT2D eigenvalue weighted by atomic mass is 16.5. The van der Waals surface area contributed by atoms with Crippen molar-refractivity contribution in [2.24, 2.45) is 0 Å². The molecule has 0 N–H and O–H groups in total. The number of carbonyl (C=O) groups is 1. The SMILES string of the molecule is CCn1ccnc1Cn1nnc(C(=O)OC)c1COC. The topological polar surface area (TPSA) is 84.1 Å². The van der Waals surface area contributed by atoms with Gasteiger partial charge in [-0.2, -0.15) is 0 Å². The molecule has 0 amide bonds. The van der Waals surface area contributed by atoms with Crippen LogP contribution in [0.1, 0.15) is 28.9 Å². The molecule has 8 heteroatoms. The molecular formula is C12H17N5O3. The number of aryl methyl sites for hydroxylation is 1. The lowest BCUT2D eigenvalue weighted by Crippen LogP contribution is -2.14. The third kappa shape index (κ3) is 2.69. The molecule has 0 atom stereocenters. The summed E-state index contributed by atoms with van der Waals surface area (Å²) in [6.45, 7) is 3.49. The van der Waals surface area contributed by atoms with Gasteiger partial charge in [0.25, 0.3) is 0 Å². The Hall–Kier alpha value is -2.22. The Morgan fingerprint density at radius 2 is 2.20 bits per heavy atom. The summed E-state index contributed by atoms with van der Waals surface area (Å²) in [5, 5.41) is 7.85. The van der Waals surface area contributed by atoms with Gasteiger partial charge in [-0.25, -0.2) is 14.5 Å². The highest BCUT2D eigenvalue weighted by Gasteiger charge is 2.21. The highest BCUT2D eigenvalue weighted by Crippen LogP contribution is 2.11. The van der Waals surface area contributed by atoms with E-state index in [1.165, 1.54) is 7.11 Å². The molecule has 0 aromatic carbocycles. The van der Waals surface area contributed by atoms with Gasteiger partial charge < -0.3 is 14.0 Å². The van der Waals surface area contributed by atoms with Crippen LogP contribution >= 0.6 is 0 Å².